The first-order valence-corrected chi connectivity index (χ1v) is 8.20. The number of nitrogens with zero attached hydrogens (tertiary/aromatic N) is 2. The molecule has 0 radical (unpaired) electrons. The summed E-state index contributed by atoms with van der Waals surface area (Å²) in [5.74, 6) is 0.659. The van der Waals surface area contributed by atoms with Gasteiger partial charge in [-0.1, -0.05) is 30.0 Å². The maximum atomic E-state index is 11.8. The van der Waals surface area contributed by atoms with Crippen molar-refractivity contribution in [1.29, 1.82) is 0 Å². The number of amides is 1. The number of aromatic nitrogens is 2. The second kappa shape index (κ2) is 7.42. The lowest BCUT2D eigenvalue weighted by atomic mass is 10.2. The van der Waals surface area contributed by atoms with E-state index in [1.165, 1.54) is 11.8 Å². The molecule has 6 nitrogen and oxygen atoms in total. The van der Waals surface area contributed by atoms with E-state index < -0.39 is 0 Å². The van der Waals surface area contributed by atoms with Gasteiger partial charge < -0.3 is 14.5 Å². The van der Waals surface area contributed by atoms with Crippen LogP contribution < -0.4 is 5.32 Å². The summed E-state index contributed by atoms with van der Waals surface area (Å²) in [7, 11) is 0. The molecule has 7 heteroatoms. The van der Waals surface area contributed by atoms with E-state index in [1.54, 1.807) is 0 Å². The molecule has 1 aromatic carbocycles. The third kappa shape index (κ3) is 4.08. The molecule has 0 unspecified atom stereocenters. The lowest BCUT2D eigenvalue weighted by Crippen LogP contribution is -2.32. The Morgan fingerprint density at radius 1 is 1.32 bits per heavy atom. The average molecular weight is 319 g/mol. The largest absolute Gasteiger partial charge is 0.411 e. The second-order valence-electron chi connectivity index (χ2n) is 4.97. The van der Waals surface area contributed by atoms with Gasteiger partial charge in [0.25, 0.3) is 5.22 Å². The topological polar surface area (TPSA) is 77.2 Å². The predicted molar refractivity (Wildman–Crippen MR) is 82.4 cm³/mol. The van der Waals surface area contributed by atoms with Crippen LogP contribution in [0.5, 0.6) is 0 Å². The van der Waals surface area contributed by atoms with Crippen molar-refractivity contribution in [3.63, 3.8) is 0 Å². The standard InChI is InChI=1S/C15H17N3O3S/c19-13(16-9-12-7-4-8-20-12)10-22-15-18-17-14(21-15)11-5-2-1-3-6-11/h1-3,5-6,12H,4,7-10H2,(H,16,19)/t12-/m1/s1. The van der Waals surface area contributed by atoms with Crippen molar-refractivity contribution in [3.05, 3.63) is 30.3 Å². The minimum Gasteiger partial charge on any atom is -0.411 e. The van der Waals surface area contributed by atoms with Crippen molar-refractivity contribution in [1.82, 2.24) is 15.5 Å². The van der Waals surface area contributed by atoms with E-state index in [9.17, 15) is 4.79 Å². The molecule has 116 valence electrons. The van der Waals surface area contributed by atoms with Crippen LogP contribution in [0.1, 0.15) is 12.8 Å². The molecule has 0 bridgehead atoms. The molecule has 0 saturated carbocycles. The van der Waals surface area contributed by atoms with Crippen LogP contribution in [0.15, 0.2) is 40.0 Å². The molecule has 22 heavy (non-hydrogen) atoms. The Bertz CT molecular complexity index is 612. The minimum atomic E-state index is -0.0556. The average Bonchev–Trinajstić information content (AvgIpc) is 3.23. The van der Waals surface area contributed by atoms with Gasteiger partial charge in [-0.3, -0.25) is 4.79 Å². The SMILES string of the molecule is O=C(CSc1nnc(-c2ccccc2)o1)NC[C@H]1CCCO1. The van der Waals surface area contributed by atoms with E-state index in [4.69, 9.17) is 9.15 Å². The smallest absolute Gasteiger partial charge is 0.277 e. The maximum absolute atomic E-state index is 11.8. The van der Waals surface area contributed by atoms with E-state index in [0.29, 0.717) is 17.7 Å². The minimum absolute atomic E-state index is 0.0556. The number of carbonyl (C=O) groups excluding carboxylic acids is 1. The summed E-state index contributed by atoms with van der Waals surface area (Å²) in [5, 5.41) is 11.2. The first kappa shape index (κ1) is 15.1. The lowest BCUT2D eigenvalue weighted by molar-refractivity contribution is -0.119. The third-order valence-corrected chi connectivity index (χ3v) is 4.12. The van der Waals surface area contributed by atoms with Gasteiger partial charge in [0.2, 0.25) is 11.8 Å². The van der Waals surface area contributed by atoms with E-state index in [1.807, 2.05) is 30.3 Å². The van der Waals surface area contributed by atoms with Crippen LogP contribution in [0.4, 0.5) is 0 Å². The highest BCUT2D eigenvalue weighted by atomic mass is 32.2. The van der Waals surface area contributed by atoms with E-state index in [2.05, 4.69) is 15.5 Å². The zero-order chi connectivity index (χ0) is 15.2. The van der Waals surface area contributed by atoms with Crippen molar-refractivity contribution in [3.8, 4) is 11.5 Å². The fourth-order valence-corrected chi connectivity index (χ4v) is 2.77. The molecule has 1 amide bonds. The van der Waals surface area contributed by atoms with Crippen molar-refractivity contribution >= 4 is 17.7 Å². The van der Waals surface area contributed by atoms with Crippen molar-refractivity contribution < 1.29 is 13.9 Å². The number of thioether (sulfide) groups is 1. The van der Waals surface area contributed by atoms with Crippen LogP contribution in [0, 0.1) is 0 Å². The molecule has 1 N–H and O–H groups in total. The number of rotatable bonds is 6. The maximum Gasteiger partial charge on any atom is 0.277 e. The second-order valence-corrected chi connectivity index (χ2v) is 5.89. The highest BCUT2D eigenvalue weighted by Crippen LogP contribution is 2.22. The summed E-state index contributed by atoms with van der Waals surface area (Å²) in [4.78, 5) is 11.8. The van der Waals surface area contributed by atoms with Gasteiger partial charge in [-0.15, -0.1) is 10.2 Å². The fourth-order valence-electron chi connectivity index (χ4n) is 2.18. The number of benzene rings is 1. The van der Waals surface area contributed by atoms with E-state index in [0.717, 1.165) is 25.0 Å². The van der Waals surface area contributed by atoms with Crippen LogP contribution in [0.3, 0.4) is 0 Å². The molecule has 0 aliphatic carbocycles. The van der Waals surface area contributed by atoms with Crippen LogP contribution in [0.25, 0.3) is 11.5 Å². The molecule has 0 spiro atoms. The molecule has 1 fully saturated rings. The summed E-state index contributed by atoms with van der Waals surface area (Å²) in [5.41, 5.74) is 0.865. The summed E-state index contributed by atoms with van der Waals surface area (Å²) < 4.78 is 11.0. The third-order valence-electron chi connectivity index (χ3n) is 3.30. The van der Waals surface area contributed by atoms with Crippen LogP contribution in [0.2, 0.25) is 0 Å². The van der Waals surface area contributed by atoms with Gasteiger partial charge in [0.05, 0.1) is 11.9 Å². The van der Waals surface area contributed by atoms with Crippen molar-refractivity contribution in [2.45, 2.75) is 24.2 Å². The summed E-state index contributed by atoms with van der Waals surface area (Å²) in [6, 6.07) is 9.54. The Labute approximate surface area is 132 Å². The van der Waals surface area contributed by atoms with Gasteiger partial charge in [-0.25, -0.2) is 0 Å². The molecule has 2 aromatic rings. The number of ether oxygens (including phenoxy) is 1. The Hall–Kier alpha value is -1.86. The fraction of sp³-hybridized carbons (Fsp3) is 0.400. The number of nitrogens with one attached hydrogen (secondary N) is 1. The molecule has 3 rings (SSSR count). The van der Waals surface area contributed by atoms with E-state index in [-0.39, 0.29) is 17.8 Å². The van der Waals surface area contributed by atoms with Gasteiger partial charge in [0, 0.05) is 18.7 Å². The van der Waals surface area contributed by atoms with Gasteiger partial charge in [0.1, 0.15) is 0 Å². The first-order valence-electron chi connectivity index (χ1n) is 7.21. The molecule has 1 aliphatic rings. The van der Waals surface area contributed by atoms with Crippen LogP contribution >= 0.6 is 11.8 Å². The Balaban J connectivity index is 1.45. The Kier molecular flexibility index (Phi) is 5.07. The lowest BCUT2D eigenvalue weighted by Gasteiger charge is -2.09. The van der Waals surface area contributed by atoms with Gasteiger partial charge in [-0.05, 0) is 25.0 Å². The van der Waals surface area contributed by atoms with Gasteiger partial charge in [-0.2, -0.15) is 0 Å². The van der Waals surface area contributed by atoms with Crippen molar-refractivity contribution in [2.24, 2.45) is 0 Å². The summed E-state index contributed by atoms with van der Waals surface area (Å²) in [6.45, 7) is 1.36. The van der Waals surface area contributed by atoms with Crippen molar-refractivity contribution in [2.75, 3.05) is 18.9 Å². The zero-order valence-electron chi connectivity index (χ0n) is 12.0. The number of hydrogen-bond acceptors (Lipinski definition) is 6. The molecule has 1 aromatic heterocycles. The Morgan fingerprint density at radius 2 is 2.18 bits per heavy atom. The van der Waals surface area contributed by atoms with Crippen LogP contribution in [-0.2, 0) is 9.53 Å². The van der Waals surface area contributed by atoms with Gasteiger partial charge >= 0.3 is 0 Å². The predicted octanol–water partition coefficient (Wildman–Crippen LogP) is 2.12. The number of carbonyl (C=O) groups is 1. The molecular formula is C15H17N3O3S. The monoisotopic (exact) mass is 319 g/mol. The molecule has 1 saturated heterocycles. The zero-order valence-corrected chi connectivity index (χ0v) is 12.8. The Morgan fingerprint density at radius 3 is 2.95 bits per heavy atom. The quantitative estimate of drug-likeness (QED) is 0.822. The summed E-state index contributed by atoms with van der Waals surface area (Å²) in [6.07, 6.45) is 2.24. The highest BCUT2D eigenvalue weighted by Gasteiger charge is 2.16. The normalized spacial score (nSPS) is 17.5. The molecular weight excluding hydrogens is 302 g/mol. The van der Waals surface area contributed by atoms with Crippen LogP contribution in [-0.4, -0.2) is 41.1 Å². The molecule has 1 atom stereocenters. The first-order chi connectivity index (χ1) is 10.8. The molecule has 1 aliphatic heterocycles. The van der Waals surface area contributed by atoms with E-state index >= 15 is 0 Å². The summed E-state index contributed by atoms with van der Waals surface area (Å²) >= 11 is 1.23. The van der Waals surface area contributed by atoms with Gasteiger partial charge in [0.15, 0.2) is 0 Å². The molecule has 2 heterocycles. The number of hydrogen-bond donors (Lipinski definition) is 1. The highest BCUT2D eigenvalue weighted by molar-refractivity contribution is 7.99.